The number of fused-ring (bicyclic) bond motifs is 1. The Labute approximate surface area is 130 Å². The summed E-state index contributed by atoms with van der Waals surface area (Å²) in [6, 6.07) is 11.9. The van der Waals surface area contributed by atoms with Gasteiger partial charge in [0.15, 0.2) is 0 Å². The van der Waals surface area contributed by atoms with Gasteiger partial charge in [-0.05, 0) is 37.3 Å². The Bertz CT molecular complexity index is 821. The molecule has 0 fully saturated rings. The van der Waals surface area contributed by atoms with Gasteiger partial charge in [0.25, 0.3) is 0 Å². The van der Waals surface area contributed by atoms with Crippen molar-refractivity contribution in [3.05, 3.63) is 48.3 Å². The maximum atomic E-state index is 4.68. The van der Waals surface area contributed by atoms with Crippen LogP contribution in [-0.4, -0.2) is 36.1 Å². The van der Waals surface area contributed by atoms with Crippen LogP contribution in [0.15, 0.2) is 42.6 Å². The number of quaternary nitrogens is 1. The fourth-order valence-electron chi connectivity index (χ4n) is 2.21. The molecule has 0 unspecified atom stereocenters. The van der Waals surface area contributed by atoms with Gasteiger partial charge < -0.3 is 5.32 Å². The molecule has 3 heterocycles. The van der Waals surface area contributed by atoms with Gasteiger partial charge in [-0.15, -0.1) is 0 Å². The highest BCUT2D eigenvalue weighted by atomic mass is 15.3. The Balaban J connectivity index is 1.93. The largest absolute Gasteiger partial charge is 0.340 e. The van der Waals surface area contributed by atoms with E-state index in [4.69, 9.17) is 0 Å². The molecule has 5 heteroatoms. The highest BCUT2D eigenvalue weighted by Gasteiger charge is 2.14. The first-order chi connectivity index (χ1) is 10.4. The van der Waals surface area contributed by atoms with Crippen molar-refractivity contribution >= 4 is 28.4 Å². The summed E-state index contributed by atoms with van der Waals surface area (Å²) in [6.45, 7) is 1.97. The van der Waals surface area contributed by atoms with Crippen LogP contribution < -0.4 is 9.80 Å². The predicted molar refractivity (Wildman–Crippen MR) is 91.4 cm³/mol. The minimum Gasteiger partial charge on any atom is -0.340 e. The van der Waals surface area contributed by atoms with E-state index >= 15 is 0 Å². The molecule has 0 aliphatic carbocycles. The van der Waals surface area contributed by atoms with Crippen molar-refractivity contribution in [2.75, 3.05) is 26.5 Å². The van der Waals surface area contributed by atoms with E-state index < -0.39 is 0 Å². The van der Waals surface area contributed by atoms with Crippen LogP contribution in [0.2, 0.25) is 0 Å². The van der Waals surface area contributed by atoms with E-state index in [-0.39, 0.29) is 0 Å². The lowest BCUT2D eigenvalue weighted by Crippen LogP contribution is -2.35. The van der Waals surface area contributed by atoms with Gasteiger partial charge in [0.1, 0.15) is 5.82 Å². The minimum absolute atomic E-state index is 0.687. The third kappa shape index (κ3) is 3.04. The average Bonchev–Trinajstić information content (AvgIpc) is 2.45. The molecule has 22 heavy (non-hydrogen) atoms. The van der Waals surface area contributed by atoms with Crippen LogP contribution in [0.25, 0.3) is 11.0 Å². The van der Waals surface area contributed by atoms with Gasteiger partial charge >= 0.3 is 0 Å². The molecule has 0 radical (unpaired) electrons. The topological polar surface area (TPSA) is 50.7 Å². The van der Waals surface area contributed by atoms with Crippen LogP contribution in [0.5, 0.6) is 0 Å². The highest BCUT2D eigenvalue weighted by molar-refractivity contribution is 5.78. The van der Waals surface area contributed by atoms with Gasteiger partial charge in [0.05, 0.1) is 32.2 Å². The second-order valence-electron chi connectivity index (χ2n) is 6.23. The summed E-state index contributed by atoms with van der Waals surface area (Å²) in [4.78, 5) is 13.5. The second-order valence-corrected chi connectivity index (χ2v) is 6.23. The predicted octanol–water partition coefficient (Wildman–Crippen LogP) is 3.27. The third-order valence-corrected chi connectivity index (χ3v) is 3.38. The van der Waals surface area contributed by atoms with Crippen molar-refractivity contribution in [1.82, 2.24) is 19.4 Å². The molecule has 0 saturated carbocycles. The number of anilines is 2. The summed E-state index contributed by atoms with van der Waals surface area (Å²) in [5.41, 5.74) is 3.74. The Kier molecular flexibility index (Phi) is 3.50. The lowest BCUT2D eigenvalue weighted by atomic mass is 10.3. The quantitative estimate of drug-likeness (QED) is 0.753. The Morgan fingerprint density at radius 2 is 1.64 bits per heavy atom. The van der Waals surface area contributed by atoms with Crippen LogP contribution in [0.1, 0.15) is 5.69 Å². The SMILES string of the molecule is Cc1cc(Nc2ccc3nc([N+](C)(C)C)ccc3n2)ccn1. The zero-order valence-electron chi connectivity index (χ0n) is 13.3. The first-order valence-corrected chi connectivity index (χ1v) is 7.21. The van der Waals surface area contributed by atoms with E-state index in [9.17, 15) is 0 Å². The molecular formula is C17H20N5+. The number of nitrogens with one attached hydrogen (secondary N) is 1. The molecule has 3 aromatic rings. The lowest BCUT2D eigenvalue weighted by Gasteiger charge is -2.21. The van der Waals surface area contributed by atoms with Crippen LogP contribution >= 0.6 is 0 Å². The van der Waals surface area contributed by atoms with Gasteiger partial charge in [-0.25, -0.2) is 4.98 Å². The van der Waals surface area contributed by atoms with Crippen LogP contribution in [0.4, 0.5) is 17.3 Å². The van der Waals surface area contributed by atoms with Crippen molar-refractivity contribution in [3.63, 3.8) is 0 Å². The molecule has 3 rings (SSSR count). The standard InChI is InChI=1S/C17H20N5/c1-12-11-13(9-10-18-12)19-16-7-5-15-14(20-16)6-8-17(21-15)22(2,3)4/h5-11H,1-4H3,(H,18,19,20)/q+1. The van der Waals surface area contributed by atoms with E-state index in [0.717, 1.165) is 34.1 Å². The zero-order valence-corrected chi connectivity index (χ0v) is 13.3. The summed E-state index contributed by atoms with van der Waals surface area (Å²) in [7, 11) is 6.30. The number of aromatic nitrogens is 3. The number of aryl methyl sites for hydroxylation is 1. The maximum absolute atomic E-state index is 4.68. The fourth-order valence-corrected chi connectivity index (χ4v) is 2.21. The first kappa shape index (κ1) is 14.4. The van der Waals surface area contributed by atoms with Crippen LogP contribution in [-0.2, 0) is 0 Å². The van der Waals surface area contributed by atoms with E-state index in [1.807, 2.05) is 43.3 Å². The monoisotopic (exact) mass is 294 g/mol. The molecular weight excluding hydrogens is 274 g/mol. The smallest absolute Gasteiger partial charge is 0.227 e. The summed E-state index contributed by atoms with van der Waals surface area (Å²) in [5, 5.41) is 3.30. The van der Waals surface area contributed by atoms with Gasteiger partial charge in [0.2, 0.25) is 5.82 Å². The number of rotatable bonds is 3. The molecule has 0 amide bonds. The van der Waals surface area contributed by atoms with Gasteiger partial charge in [0, 0.05) is 23.6 Å². The molecule has 0 atom stereocenters. The maximum Gasteiger partial charge on any atom is 0.227 e. The zero-order chi connectivity index (χ0) is 15.7. The van der Waals surface area contributed by atoms with Gasteiger partial charge in [-0.3, -0.25) is 9.47 Å². The minimum atomic E-state index is 0.687. The average molecular weight is 294 g/mol. The molecule has 112 valence electrons. The normalized spacial score (nSPS) is 11.6. The molecule has 0 aliphatic heterocycles. The van der Waals surface area contributed by atoms with Crippen LogP contribution in [0.3, 0.4) is 0 Å². The molecule has 0 aliphatic rings. The number of pyridine rings is 3. The number of hydrogen-bond acceptors (Lipinski definition) is 4. The van der Waals surface area contributed by atoms with Crippen molar-refractivity contribution in [1.29, 1.82) is 0 Å². The molecule has 0 saturated heterocycles. The summed E-state index contributed by atoms with van der Waals surface area (Å²) < 4.78 is 0.687. The molecule has 5 nitrogen and oxygen atoms in total. The molecule has 3 aromatic heterocycles. The van der Waals surface area contributed by atoms with Crippen LogP contribution in [0, 0.1) is 6.92 Å². The Morgan fingerprint density at radius 1 is 0.909 bits per heavy atom. The fraction of sp³-hybridized carbons (Fsp3) is 0.235. The summed E-state index contributed by atoms with van der Waals surface area (Å²) >= 11 is 0. The lowest BCUT2D eigenvalue weighted by molar-refractivity contribution is 0.474. The molecule has 0 spiro atoms. The van der Waals surface area contributed by atoms with E-state index in [1.54, 1.807) is 6.20 Å². The molecule has 0 aromatic carbocycles. The Morgan fingerprint density at radius 3 is 2.36 bits per heavy atom. The van der Waals surface area contributed by atoms with E-state index in [1.165, 1.54) is 0 Å². The van der Waals surface area contributed by atoms with Gasteiger partial charge in [-0.2, -0.15) is 4.98 Å². The van der Waals surface area contributed by atoms with Crippen molar-refractivity contribution in [3.8, 4) is 0 Å². The van der Waals surface area contributed by atoms with Crippen molar-refractivity contribution in [2.24, 2.45) is 0 Å². The van der Waals surface area contributed by atoms with E-state index in [2.05, 4.69) is 41.4 Å². The Hall–Kier alpha value is -2.53. The summed E-state index contributed by atoms with van der Waals surface area (Å²) in [6.07, 6.45) is 1.79. The molecule has 1 N–H and O–H groups in total. The second kappa shape index (κ2) is 5.35. The molecule has 0 bridgehead atoms. The van der Waals surface area contributed by atoms with Crippen molar-refractivity contribution < 1.29 is 0 Å². The van der Waals surface area contributed by atoms with Crippen molar-refractivity contribution in [2.45, 2.75) is 6.92 Å². The third-order valence-electron chi connectivity index (χ3n) is 3.38. The first-order valence-electron chi connectivity index (χ1n) is 7.21. The number of nitrogens with zero attached hydrogens (tertiary/aromatic N) is 4. The van der Waals surface area contributed by atoms with Gasteiger partial charge in [-0.1, -0.05) is 0 Å². The summed E-state index contributed by atoms with van der Waals surface area (Å²) in [5.74, 6) is 1.82. The van der Waals surface area contributed by atoms with E-state index in [0.29, 0.717) is 4.48 Å². The highest BCUT2D eigenvalue weighted by Crippen LogP contribution is 2.21. The number of hydrogen-bond donors (Lipinski definition) is 1.